The molecular weight excluding hydrogens is 342 g/mol. The van der Waals surface area contributed by atoms with E-state index in [2.05, 4.69) is 14.9 Å². The van der Waals surface area contributed by atoms with Crippen LogP contribution in [0.5, 0.6) is 0 Å². The minimum Gasteiger partial charge on any atom is -0.382 e. The van der Waals surface area contributed by atoms with Crippen LogP contribution in [0.1, 0.15) is 18.5 Å². The molecule has 0 radical (unpaired) electrons. The summed E-state index contributed by atoms with van der Waals surface area (Å²) in [6, 6.07) is 4.33. The van der Waals surface area contributed by atoms with Crippen LogP contribution < -0.4 is 11.1 Å². The summed E-state index contributed by atoms with van der Waals surface area (Å²) in [7, 11) is 0. The lowest BCUT2D eigenvalue weighted by atomic mass is 10.1. The van der Waals surface area contributed by atoms with Crippen molar-refractivity contribution in [2.75, 3.05) is 32.0 Å². The van der Waals surface area contributed by atoms with E-state index in [9.17, 15) is 4.79 Å². The second-order valence-corrected chi connectivity index (χ2v) is 7.04. The summed E-state index contributed by atoms with van der Waals surface area (Å²) in [5.74, 6) is 0.468. The fourth-order valence-corrected chi connectivity index (χ4v) is 3.51. The largest absolute Gasteiger partial charge is 0.382 e. The molecule has 1 saturated heterocycles. The lowest BCUT2D eigenvalue weighted by Crippen LogP contribution is -2.46. The summed E-state index contributed by atoms with van der Waals surface area (Å²) in [5.41, 5.74) is 7.71. The van der Waals surface area contributed by atoms with Gasteiger partial charge in [0, 0.05) is 30.2 Å². The number of aromatic nitrogens is 2. The highest BCUT2D eigenvalue weighted by Crippen LogP contribution is 2.28. The Morgan fingerprint density at radius 3 is 3.04 bits per heavy atom. The van der Waals surface area contributed by atoms with E-state index < -0.39 is 0 Å². The molecule has 0 spiro atoms. The fourth-order valence-electron chi connectivity index (χ4n) is 3.35. The molecule has 2 aromatic heterocycles. The first-order valence-electron chi connectivity index (χ1n) is 8.65. The maximum Gasteiger partial charge on any atom is 0.225 e. The standard InChI is InChI=1S/C17H22ClN5O2/c18-14-8-11-7-13-9-22(4-5-23(13)17(11)21-16(14)19)15(24)2-6-25-10-12-1-3-20-12/h7-8,12,20H,1-6,9-10H2,(H2,19,21). The van der Waals surface area contributed by atoms with E-state index in [1.165, 1.54) is 0 Å². The molecule has 3 N–H and O–H groups in total. The van der Waals surface area contributed by atoms with Crippen LogP contribution in [0.4, 0.5) is 5.82 Å². The molecule has 2 aromatic rings. The van der Waals surface area contributed by atoms with Crippen molar-refractivity contribution in [3.63, 3.8) is 0 Å². The number of nitrogens with one attached hydrogen (secondary N) is 1. The number of amides is 1. The third-order valence-corrected chi connectivity index (χ3v) is 5.24. The summed E-state index contributed by atoms with van der Waals surface area (Å²) >= 11 is 6.06. The third-order valence-electron chi connectivity index (χ3n) is 4.94. The van der Waals surface area contributed by atoms with Crippen LogP contribution >= 0.6 is 11.6 Å². The Labute approximate surface area is 151 Å². The second-order valence-electron chi connectivity index (χ2n) is 6.64. The molecule has 134 valence electrons. The number of pyridine rings is 1. The molecule has 25 heavy (non-hydrogen) atoms. The van der Waals surface area contributed by atoms with Crippen molar-refractivity contribution >= 4 is 34.4 Å². The van der Waals surface area contributed by atoms with Crippen LogP contribution in [0, 0.1) is 0 Å². The van der Waals surface area contributed by atoms with Crippen molar-refractivity contribution < 1.29 is 9.53 Å². The number of hydrogen-bond donors (Lipinski definition) is 2. The molecule has 7 nitrogen and oxygen atoms in total. The number of nitrogen functional groups attached to an aromatic ring is 1. The van der Waals surface area contributed by atoms with Crippen LogP contribution in [0.2, 0.25) is 5.02 Å². The van der Waals surface area contributed by atoms with Gasteiger partial charge in [-0.3, -0.25) is 4.79 Å². The first-order valence-corrected chi connectivity index (χ1v) is 9.02. The minimum atomic E-state index is 0.128. The SMILES string of the molecule is Nc1nc2c(cc1Cl)cc1n2CCN(C(=O)CCOCC2CCN2)C1. The molecule has 8 heteroatoms. The van der Waals surface area contributed by atoms with Gasteiger partial charge in [-0.1, -0.05) is 11.6 Å². The van der Waals surface area contributed by atoms with Crippen molar-refractivity contribution in [1.29, 1.82) is 0 Å². The summed E-state index contributed by atoms with van der Waals surface area (Å²) in [6.45, 7) is 4.20. The Morgan fingerprint density at radius 1 is 1.44 bits per heavy atom. The summed E-state index contributed by atoms with van der Waals surface area (Å²) in [6.07, 6.45) is 1.58. The molecule has 1 amide bonds. The third kappa shape index (κ3) is 3.31. The van der Waals surface area contributed by atoms with Gasteiger partial charge in [-0.05, 0) is 25.1 Å². The number of halogens is 1. The highest BCUT2D eigenvalue weighted by Gasteiger charge is 2.23. The summed E-state index contributed by atoms with van der Waals surface area (Å²) in [5, 5.41) is 4.70. The predicted octanol–water partition coefficient (Wildman–Crippen LogP) is 1.38. The monoisotopic (exact) mass is 363 g/mol. The molecule has 1 unspecified atom stereocenters. The molecule has 2 aliphatic heterocycles. The van der Waals surface area contributed by atoms with Gasteiger partial charge in [-0.25, -0.2) is 4.98 Å². The number of ether oxygens (including phenoxy) is 1. The first kappa shape index (κ1) is 16.6. The Morgan fingerprint density at radius 2 is 2.28 bits per heavy atom. The number of carbonyl (C=O) groups is 1. The summed E-state index contributed by atoms with van der Waals surface area (Å²) in [4.78, 5) is 18.7. The van der Waals surface area contributed by atoms with Crippen LogP contribution in [0.3, 0.4) is 0 Å². The Kier molecular flexibility index (Phi) is 4.54. The van der Waals surface area contributed by atoms with E-state index in [0.717, 1.165) is 29.7 Å². The van der Waals surface area contributed by atoms with Gasteiger partial charge in [-0.2, -0.15) is 0 Å². The highest BCUT2D eigenvalue weighted by molar-refractivity contribution is 6.33. The number of nitrogens with zero attached hydrogens (tertiary/aromatic N) is 3. The molecule has 0 saturated carbocycles. The van der Waals surface area contributed by atoms with Crippen molar-refractivity contribution in [1.82, 2.24) is 19.8 Å². The molecule has 1 fully saturated rings. The number of anilines is 1. The van der Waals surface area contributed by atoms with Gasteiger partial charge >= 0.3 is 0 Å². The van der Waals surface area contributed by atoms with Crippen LogP contribution in [-0.2, 0) is 22.6 Å². The van der Waals surface area contributed by atoms with E-state index in [-0.39, 0.29) is 5.91 Å². The van der Waals surface area contributed by atoms with Gasteiger partial charge in [0.05, 0.1) is 31.2 Å². The molecule has 4 heterocycles. The predicted molar refractivity (Wildman–Crippen MR) is 96.4 cm³/mol. The van der Waals surface area contributed by atoms with Gasteiger partial charge in [0.1, 0.15) is 11.5 Å². The molecule has 0 aliphatic carbocycles. The zero-order valence-electron chi connectivity index (χ0n) is 14.0. The maximum atomic E-state index is 12.4. The topological polar surface area (TPSA) is 85.4 Å². The lowest BCUT2D eigenvalue weighted by Gasteiger charge is -2.29. The number of carbonyl (C=O) groups excluding carboxylic acids is 1. The van der Waals surface area contributed by atoms with Gasteiger partial charge in [0.25, 0.3) is 0 Å². The van der Waals surface area contributed by atoms with Gasteiger partial charge in [0.2, 0.25) is 5.91 Å². The molecule has 0 bridgehead atoms. The molecule has 4 rings (SSSR count). The normalized spacial score (nSPS) is 19.7. The van der Waals surface area contributed by atoms with E-state index in [1.54, 1.807) is 0 Å². The van der Waals surface area contributed by atoms with Gasteiger partial charge in [-0.15, -0.1) is 0 Å². The Hall–Kier alpha value is -1.83. The van der Waals surface area contributed by atoms with E-state index in [4.69, 9.17) is 22.1 Å². The number of rotatable bonds is 5. The number of nitrogens with two attached hydrogens (primary N) is 1. The van der Waals surface area contributed by atoms with Crippen LogP contribution in [-0.4, -0.2) is 52.7 Å². The quantitative estimate of drug-likeness (QED) is 0.784. The smallest absolute Gasteiger partial charge is 0.225 e. The summed E-state index contributed by atoms with van der Waals surface area (Å²) < 4.78 is 7.70. The fraction of sp³-hybridized carbons (Fsp3) is 0.529. The zero-order chi connectivity index (χ0) is 17.4. The van der Waals surface area contributed by atoms with E-state index >= 15 is 0 Å². The molecule has 0 aromatic carbocycles. The van der Waals surface area contributed by atoms with Crippen molar-refractivity contribution in [2.24, 2.45) is 0 Å². The maximum absolute atomic E-state index is 12.4. The molecule has 2 aliphatic rings. The molecular formula is C17H22ClN5O2. The van der Waals surface area contributed by atoms with E-state index in [1.807, 2.05) is 17.0 Å². The number of hydrogen-bond acceptors (Lipinski definition) is 5. The van der Waals surface area contributed by atoms with Gasteiger partial charge < -0.3 is 25.3 Å². The van der Waals surface area contributed by atoms with E-state index in [0.29, 0.717) is 56.2 Å². The number of fused-ring (bicyclic) bond motifs is 3. The van der Waals surface area contributed by atoms with Crippen LogP contribution in [0.25, 0.3) is 11.0 Å². The van der Waals surface area contributed by atoms with Crippen molar-refractivity contribution in [3.05, 3.63) is 22.8 Å². The van der Waals surface area contributed by atoms with Crippen molar-refractivity contribution in [3.8, 4) is 0 Å². The Bertz CT molecular complexity index is 802. The highest BCUT2D eigenvalue weighted by atomic mass is 35.5. The van der Waals surface area contributed by atoms with Crippen LogP contribution in [0.15, 0.2) is 12.1 Å². The van der Waals surface area contributed by atoms with Crippen molar-refractivity contribution in [2.45, 2.75) is 32.0 Å². The second kappa shape index (κ2) is 6.82. The minimum absolute atomic E-state index is 0.128. The molecule has 1 atom stereocenters. The zero-order valence-corrected chi connectivity index (χ0v) is 14.8. The lowest BCUT2D eigenvalue weighted by molar-refractivity contribution is -0.133. The van der Waals surface area contributed by atoms with Gasteiger partial charge in [0.15, 0.2) is 0 Å². The Balaban J connectivity index is 1.37. The average Bonchev–Trinajstić information content (AvgIpc) is 2.89. The average molecular weight is 364 g/mol. The first-order chi connectivity index (χ1) is 12.1.